The summed E-state index contributed by atoms with van der Waals surface area (Å²) in [5.74, 6) is 0.275. The average Bonchev–Trinajstić information content (AvgIpc) is 2.88. The molecule has 2 aromatic carbocycles. The van der Waals surface area contributed by atoms with E-state index in [1.54, 1.807) is 29.0 Å². The van der Waals surface area contributed by atoms with Gasteiger partial charge in [-0.15, -0.1) is 11.3 Å². The van der Waals surface area contributed by atoms with Crippen molar-refractivity contribution in [2.75, 3.05) is 5.32 Å². The largest absolute Gasteiger partial charge is 0.508 e. The van der Waals surface area contributed by atoms with E-state index in [0.717, 1.165) is 21.5 Å². The van der Waals surface area contributed by atoms with Crippen LogP contribution in [0.4, 0.5) is 5.69 Å². The molecule has 1 heterocycles. The Morgan fingerprint density at radius 3 is 2.89 bits per heavy atom. The Labute approximate surface area is 119 Å². The fraction of sp³-hybridized carbons (Fsp3) is 0.0714. The van der Waals surface area contributed by atoms with Gasteiger partial charge in [0.1, 0.15) is 11.3 Å². The highest BCUT2D eigenvalue weighted by molar-refractivity contribution is 7.16. The predicted molar refractivity (Wildman–Crippen MR) is 80.1 cm³/mol. The minimum absolute atomic E-state index is 0.275. The molecule has 0 aliphatic heterocycles. The van der Waals surface area contributed by atoms with Gasteiger partial charge in [-0.25, -0.2) is 4.98 Å². The van der Waals surface area contributed by atoms with Gasteiger partial charge in [0, 0.05) is 12.1 Å². The lowest BCUT2D eigenvalue weighted by atomic mass is 10.2. The highest BCUT2D eigenvalue weighted by Crippen LogP contribution is 2.32. The van der Waals surface area contributed by atoms with Crippen LogP contribution in [0.5, 0.6) is 5.75 Å². The lowest BCUT2D eigenvalue weighted by Crippen LogP contribution is -2.00. The number of rotatable bonds is 3. The van der Waals surface area contributed by atoms with Crippen LogP contribution in [0.3, 0.4) is 0 Å². The quantitative estimate of drug-likeness (QED) is 0.757. The van der Waals surface area contributed by atoms with Crippen LogP contribution in [-0.4, -0.2) is 10.1 Å². The lowest BCUT2D eigenvalue weighted by molar-refractivity contribution is 0.469. The third kappa shape index (κ3) is 2.37. The van der Waals surface area contributed by atoms with Crippen molar-refractivity contribution in [3.63, 3.8) is 0 Å². The topological polar surface area (TPSA) is 45.1 Å². The minimum Gasteiger partial charge on any atom is -0.508 e. The predicted octanol–water partition coefficient (Wildman–Crippen LogP) is 4.27. The van der Waals surface area contributed by atoms with Crippen molar-refractivity contribution in [2.45, 2.75) is 6.54 Å². The smallest absolute Gasteiger partial charge is 0.120 e. The molecule has 1 aromatic heterocycles. The summed E-state index contributed by atoms with van der Waals surface area (Å²) >= 11 is 7.78. The number of nitrogens with one attached hydrogen (secondary N) is 1. The summed E-state index contributed by atoms with van der Waals surface area (Å²) in [4.78, 5) is 4.32. The third-order valence-corrected chi connectivity index (χ3v) is 4.01. The molecule has 0 atom stereocenters. The monoisotopic (exact) mass is 290 g/mol. The lowest BCUT2D eigenvalue weighted by Gasteiger charge is -2.10. The number of thiazole rings is 1. The van der Waals surface area contributed by atoms with E-state index in [0.29, 0.717) is 11.6 Å². The molecular weight excluding hydrogens is 280 g/mol. The first-order valence-electron chi connectivity index (χ1n) is 5.78. The Morgan fingerprint density at radius 2 is 2.05 bits per heavy atom. The molecule has 0 fully saturated rings. The first-order chi connectivity index (χ1) is 9.25. The van der Waals surface area contributed by atoms with E-state index in [1.165, 1.54) is 0 Å². The maximum Gasteiger partial charge on any atom is 0.120 e. The van der Waals surface area contributed by atoms with Crippen LogP contribution >= 0.6 is 22.9 Å². The van der Waals surface area contributed by atoms with E-state index in [4.69, 9.17) is 11.6 Å². The number of aromatic nitrogens is 1. The number of anilines is 1. The van der Waals surface area contributed by atoms with E-state index in [2.05, 4.69) is 10.3 Å². The number of para-hydroxylation sites is 1. The molecule has 96 valence electrons. The zero-order valence-electron chi connectivity index (χ0n) is 9.93. The molecule has 3 rings (SSSR count). The van der Waals surface area contributed by atoms with Gasteiger partial charge >= 0.3 is 0 Å². The second kappa shape index (κ2) is 5.07. The van der Waals surface area contributed by atoms with E-state index in [-0.39, 0.29) is 5.75 Å². The van der Waals surface area contributed by atoms with Gasteiger partial charge in [0.05, 0.1) is 20.9 Å². The number of hydrogen-bond acceptors (Lipinski definition) is 4. The van der Waals surface area contributed by atoms with Crippen molar-refractivity contribution in [3.8, 4) is 5.75 Å². The van der Waals surface area contributed by atoms with Gasteiger partial charge in [-0.2, -0.15) is 0 Å². The van der Waals surface area contributed by atoms with Crippen molar-refractivity contribution in [3.05, 3.63) is 52.5 Å². The van der Waals surface area contributed by atoms with Crippen LogP contribution in [0.25, 0.3) is 10.2 Å². The highest BCUT2D eigenvalue weighted by Gasteiger charge is 2.09. The summed E-state index contributed by atoms with van der Waals surface area (Å²) in [5, 5.41) is 13.6. The van der Waals surface area contributed by atoms with Gasteiger partial charge in [-0.05, 0) is 18.2 Å². The molecule has 3 aromatic rings. The number of phenols is 1. The van der Waals surface area contributed by atoms with Gasteiger partial charge in [0.15, 0.2) is 0 Å². The first kappa shape index (κ1) is 12.3. The molecule has 2 N–H and O–H groups in total. The van der Waals surface area contributed by atoms with Gasteiger partial charge in [-0.1, -0.05) is 29.8 Å². The summed E-state index contributed by atoms with van der Waals surface area (Å²) in [7, 11) is 0. The molecule has 3 nitrogen and oxygen atoms in total. The van der Waals surface area contributed by atoms with E-state index in [1.807, 2.05) is 24.3 Å². The van der Waals surface area contributed by atoms with Crippen molar-refractivity contribution in [2.24, 2.45) is 0 Å². The number of hydrogen-bond donors (Lipinski definition) is 2. The second-order valence-electron chi connectivity index (χ2n) is 4.10. The van der Waals surface area contributed by atoms with Crippen molar-refractivity contribution in [1.29, 1.82) is 0 Å². The zero-order chi connectivity index (χ0) is 13.2. The van der Waals surface area contributed by atoms with Crippen LogP contribution in [0, 0.1) is 0 Å². The van der Waals surface area contributed by atoms with E-state index < -0.39 is 0 Å². The average molecular weight is 291 g/mol. The molecule has 5 heteroatoms. The normalized spacial score (nSPS) is 10.8. The van der Waals surface area contributed by atoms with Crippen molar-refractivity contribution < 1.29 is 5.11 Å². The van der Waals surface area contributed by atoms with E-state index >= 15 is 0 Å². The SMILES string of the molecule is Oc1ccccc1CNc1c(Cl)ccc2scnc12. The van der Waals surface area contributed by atoms with Crippen LogP contribution in [-0.2, 0) is 6.54 Å². The molecule has 0 saturated carbocycles. The fourth-order valence-corrected chi connectivity index (χ4v) is 2.82. The number of phenolic OH excluding ortho intramolecular Hbond substituents is 1. The maximum absolute atomic E-state index is 9.74. The second-order valence-corrected chi connectivity index (χ2v) is 5.40. The van der Waals surface area contributed by atoms with Gasteiger partial charge in [0.25, 0.3) is 0 Å². The maximum atomic E-state index is 9.74. The third-order valence-electron chi connectivity index (χ3n) is 2.90. The number of nitrogens with zero attached hydrogens (tertiary/aromatic N) is 1. The summed E-state index contributed by atoms with van der Waals surface area (Å²) in [6, 6.07) is 11.0. The Balaban J connectivity index is 1.92. The minimum atomic E-state index is 0.275. The zero-order valence-corrected chi connectivity index (χ0v) is 11.5. The number of halogens is 1. The summed E-state index contributed by atoms with van der Waals surface area (Å²) in [6.45, 7) is 0.503. The molecule has 0 bridgehead atoms. The van der Waals surface area contributed by atoms with Gasteiger partial charge in [-0.3, -0.25) is 0 Å². The molecule has 19 heavy (non-hydrogen) atoms. The van der Waals surface area contributed by atoms with Crippen molar-refractivity contribution >= 4 is 38.8 Å². The summed E-state index contributed by atoms with van der Waals surface area (Å²) in [6.07, 6.45) is 0. The Kier molecular flexibility index (Phi) is 3.27. The van der Waals surface area contributed by atoms with Gasteiger partial charge < -0.3 is 10.4 Å². The Bertz CT molecular complexity index is 726. The molecule has 0 spiro atoms. The fourth-order valence-electron chi connectivity index (χ4n) is 1.92. The van der Waals surface area contributed by atoms with Gasteiger partial charge in [0.2, 0.25) is 0 Å². The molecule has 0 unspecified atom stereocenters. The van der Waals surface area contributed by atoms with Crippen LogP contribution in [0.15, 0.2) is 41.9 Å². The Hall–Kier alpha value is -1.78. The molecule has 0 aliphatic rings. The number of fused-ring (bicyclic) bond motifs is 1. The van der Waals surface area contributed by atoms with Crippen molar-refractivity contribution in [1.82, 2.24) is 4.98 Å². The van der Waals surface area contributed by atoms with E-state index in [9.17, 15) is 5.11 Å². The standard InChI is InChI=1S/C14H11ClN2OS/c15-10-5-6-12-14(17-8-19-12)13(10)16-7-9-3-1-2-4-11(9)18/h1-6,8,16,18H,7H2. The highest BCUT2D eigenvalue weighted by atomic mass is 35.5. The van der Waals surface area contributed by atoms with Crippen LogP contribution < -0.4 is 5.32 Å². The summed E-state index contributed by atoms with van der Waals surface area (Å²) < 4.78 is 1.09. The molecule has 0 saturated heterocycles. The van der Waals surface area contributed by atoms with Crippen LogP contribution in [0.2, 0.25) is 5.02 Å². The first-order valence-corrected chi connectivity index (χ1v) is 7.04. The molecule has 0 aliphatic carbocycles. The molecule has 0 radical (unpaired) electrons. The molecule has 0 amide bonds. The summed E-state index contributed by atoms with van der Waals surface area (Å²) in [5.41, 5.74) is 4.30. The Morgan fingerprint density at radius 1 is 1.21 bits per heavy atom. The molecular formula is C14H11ClN2OS. The number of benzene rings is 2. The number of aromatic hydroxyl groups is 1. The van der Waals surface area contributed by atoms with Crippen LogP contribution in [0.1, 0.15) is 5.56 Å².